The van der Waals surface area contributed by atoms with E-state index >= 15 is 0 Å². The van der Waals surface area contributed by atoms with Crippen LogP contribution in [0.15, 0.2) is 24.3 Å². The van der Waals surface area contributed by atoms with Gasteiger partial charge in [0.05, 0.1) is 0 Å². The van der Waals surface area contributed by atoms with E-state index in [0.717, 1.165) is 12.5 Å². The number of nitrogens with one attached hydrogen (secondary N) is 1. The van der Waals surface area contributed by atoms with Crippen molar-refractivity contribution >= 4 is 24.8 Å². The Kier molecular flexibility index (Phi) is 6.61. The first-order chi connectivity index (χ1) is 8.31. The molecule has 1 aromatic carbocycles. The van der Waals surface area contributed by atoms with Crippen molar-refractivity contribution in [2.24, 2.45) is 5.92 Å². The van der Waals surface area contributed by atoms with Gasteiger partial charge in [0.1, 0.15) is 0 Å². The second-order valence-corrected chi connectivity index (χ2v) is 5.70. The van der Waals surface area contributed by atoms with Crippen LogP contribution in [0.3, 0.4) is 0 Å². The van der Waals surface area contributed by atoms with Crippen molar-refractivity contribution in [1.29, 1.82) is 0 Å². The zero-order valence-corrected chi connectivity index (χ0v) is 13.1. The minimum Gasteiger partial charge on any atom is -0.308 e. The van der Waals surface area contributed by atoms with Crippen LogP contribution < -0.4 is 5.32 Å². The first-order valence-corrected chi connectivity index (χ1v) is 6.84. The molecule has 0 unspecified atom stereocenters. The summed E-state index contributed by atoms with van der Waals surface area (Å²) in [5.74, 6) is 0.894. The van der Waals surface area contributed by atoms with E-state index < -0.39 is 0 Å². The molecule has 0 bridgehead atoms. The van der Waals surface area contributed by atoms with Crippen molar-refractivity contribution in [2.75, 3.05) is 19.6 Å². The largest absolute Gasteiger partial charge is 0.308 e. The average Bonchev–Trinajstić information content (AvgIpc) is 2.75. The van der Waals surface area contributed by atoms with Gasteiger partial charge in [-0.3, -0.25) is 0 Å². The van der Waals surface area contributed by atoms with Crippen LogP contribution in [0.5, 0.6) is 0 Å². The molecule has 0 amide bonds. The molecule has 19 heavy (non-hydrogen) atoms. The molecular formula is C15H24Cl2N2. The second-order valence-electron chi connectivity index (χ2n) is 5.70. The van der Waals surface area contributed by atoms with E-state index in [0.29, 0.717) is 6.04 Å². The van der Waals surface area contributed by atoms with Gasteiger partial charge in [0.2, 0.25) is 0 Å². The number of hydrogen-bond acceptors (Lipinski definition) is 2. The van der Waals surface area contributed by atoms with Gasteiger partial charge in [-0.1, -0.05) is 31.2 Å². The molecule has 1 aromatic rings. The Bertz CT molecular complexity index is 397. The molecule has 2 aliphatic heterocycles. The Morgan fingerprint density at radius 3 is 2.63 bits per heavy atom. The fourth-order valence-corrected chi connectivity index (χ4v) is 3.15. The quantitative estimate of drug-likeness (QED) is 0.904. The summed E-state index contributed by atoms with van der Waals surface area (Å²) >= 11 is 0. The highest BCUT2D eigenvalue weighted by atomic mass is 35.5. The number of nitrogens with zero attached hydrogens (tertiary/aromatic N) is 1. The second kappa shape index (κ2) is 7.49. The lowest BCUT2D eigenvalue weighted by atomic mass is 9.96. The van der Waals surface area contributed by atoms with Crippen LogP contribution in [0.1, 0.15) is 24.5 Å². The van der Waals surface area contributed by atoms with E-state index in [1.165, 1.54) is 38.0 Å². The Labute approximate surface area is 128 Å². The van der Waals surface area contributed by atoms with Gasteiger partial charge < -0.3 is 10.2 Å². The molecule has 2 atom stereocenters. The lowest BCUT2D eigenvalue weighted by Crippen LogP contribution is -2.44. The summed E-state index contributed by atoms with van der Waals surface area (Å²) in [6.07, 6.45) is 2.57. The molecule has 108 valence electrons. The molecule has 2 aliphatic rings. The number of likely N-dealkylation sites (tertiary alicyclic amines) is 1. The number of rotatable bonds is 2. The predicted molar refractivity (Wildman–Crippen MR) is 85.5 cm³/mol. The maximum absolute atomic E-state index is 3.68. The maximum atomic E-state index is 3.68. The number of halogens is 2. The van der Waals surface area contributed by atoms with Gasteiger partial charge in [0, 0.05) is 25.7 Å². The van der Waals surface area contributed by atoms with E-state index in [9.17, 15) is 0 Å². The van der Waals surface area contributed by atoms with E-state index in [-0.39, 0.29) is 24.8 Å². The molecule has 1 saturated heterocycles. The third-order valence-corrected chi connectivity index (χ3v) is 4.15. The van der Waals surface area contributed by atoms with Crippen LogP contribution in [-0.4, -0.2) is 30.6 Å². The van der Waals surface area contributed by atoms with Crippen LogP contribution in [0.4, 0.5) is 0 Å². The summed E-state index contributed by atoms with van der Waals surface area (Å²) in [5.41, 5.74) is 3.03. The molecule has 0 radical (unpaired) electrons. The van der Waals surface area contributed by atoms with Crippen LogP contribution in [0.2, 0.25) is 0 Å². The van der Waals surface area contributed by atoms with Crippen molar-refractivity contribution in [3.63, 3.8) is 0 Å². The molecule has 3 rings (SSSR count). The van der Waals surface area contributed by atoms with E-state index in [1.54, 1.807) is 5.56 Å². The normalized spacial score (nSPS) is 26.2. The molecule has 0 spiro atoms. The first kappa shape index (κ1) is 16.8. The fraction of sp³-hybridized carbons (Fsp3) is 0.600. The fourth-order valence-electron chi connectivity index (χ4n) is 3.15. The molecule has 0 aromatic heterocycles. The SMILES string of the molecule is C[C@H]1CCN(C[C@@H]2Cc3ccccc3CN2)C1.Cl.Cl. The molecule has 1 fully saturated rings. The summed E-state index contributed by atoms with van der Waals surface area (Å²) < 4.78 is 0. The molecule has 4 heteroatoms. The summed E-state index contributed by atoms with van der Waals surface area (Å²) in [4.78, 5) is 2.62. The minimum absolute atomic E-state index is 0. The van der Waals surface area contributed by atoms with E-state index in [4.69, 9.17) is 0 Å². The zero-order chi connectivity index (χ0) is 11.7. The van der Waals surface area contributed by atoms with Crippen molar-refractivity contribution in [2.45, 2.75) is 32.4 Å². The molecule has 1 N–H and O–H groups in total. The third-order valence-electron chi connectivity index (χ3n) is 4.15. The first-order valence-electron chi connectivity index (χ1n) is 6.84. The summed E-state index contributed by atoms with van der Waals surface area (Å²) in [6, 6.07) is 9.49. The van der Waals surface area contributed by atoms with Gasteiger partial charge >= 0.3 is 0 Å². The number of hydrogen-bond donors (Lipinski definition) is 1. The summed E-state index contributed by atoms with van der Waals surface area (Å²) in [7, 11) is 0. The minimum atomic E-state index is 0. The number of benzene rings is 1. The highest BCUT2D eigenvalue weighted by Gasteiger charge is 2.24. The Morgan fingerprint density at radius 2 is 1.95 bits per heavy atom. The van der Waals surface area contributed by atoms with Crippen LogP contribution >= 0.6 is 24.8 Å². The Hall–Kier alpha value is -0.280. The van der Waals surface area contributed by atoms with E-state index in [2.05, 4.69) is 41.4 Å². The zero-order valence-electron chi connectivity index (χ0n) is 11.5. The highest BCUT2D eigenvalue weighted by Crippen LogP contribution is 2.19. The van der Waals surface area contributed by atoms with Gasteiger partial charge in [-0.25, -0.2) is 0 Å². The van der Waals surface area contributed by atoms with Crippen molar-refractivity contribution < 1.29 is 0 Å². The maximum Gasteiger partial charge on any atom is 0.0238 e. The predicted octanol–water partition coefficient (Wildman–Crippen LogP) is 2.89. The summed E-state index contributed by atoms with van der Waals surface area (Å²) in [6.45, 7) is 7.22. The molecule has 0 saturated carbocycles. The van der Waals surface area contributed by atoms with Crippen LogP contribution in [0, 0.1) is 5.92 Å². The molecule has 2 heterocycles. The van der Waals surface area contributed by atoms with Crippen molar-refractivity contribution in [3.8, 4) is 0 Å². The van der Waals surface area contributed by atoms with Gasteiger partial charge in [-0.05, 0) is 36.4 Å². The Balaban J connectivity index is 0.000000902. The number of fused-ring (bicyclic) bond motifs is 1. The van der Waals surface area contributed by atoms with Gasteiger partial charge in [0.25, 0.3) is 0 Å². The lowest BCUT2D eigenvalue weighted by molar-refractivity contribution is 0.275. The highest BCUT2D eigenvalue weighted by molar-refractivity contribution is 5.85. The third kappa shape index (κ3) is 4.09. The van der Waals surface area contributed by atoms with Gasteiger partial charge in [0.15, 0.2) is 0 Å². The van der Waals surface area contributed by atoms with Crippen molar-refractivity contribution in [1.82, 2.24) is 10.2 Å². The smallest absolute Gasteiger partial charge is 0.0238 e. The van der Waals surface area contributed by atoms with E-state index in [1.807, 2.05) is 0 Å². The summed E-state index contributed by atoms with van der Waals surface area (Å²) in [5, 5.41) is 3.68. The molecule has 2 nitrogen and oxygen atoms in total. The Morgan fingerprint density at radius 1 is 1.21 bits per heavy atom. The van der Waals surface area contributed by atoms with Gasteiger partial charge in [-0.2, -0.15) is 0 Å². The molecule has 0 aliphatic carbocycles. The van der Waals surface area contributed by atoms with Crippen LogP contribution in [0.25, 0.3) is 0 Å². The average molecular weight is 303 g/mol. The monoisotopic (exact) mass is 302 g/mol. The van der Waals surface area contributed by atoms with Gasteiger partial charge in [-0.15, -0.1) is 24.8 Å². The topological polar surface area (TPSA) is 15.3 Å². The van der Waals surface area contributed by atoms with Crippen molar-refractivity contribution in [3.05, 3.63) is 35.4 Å². The van der Waals surface area contributed by atoms with Crippen LogP contribution in [-0.2, 0) is 13.0 Å². The lowest BCUT2D eigenvalue weighted by Gasteiger charge is -2.29. The molecular weight excluding hydrogens is 279 g/mol. The standard InChI is InChI=1S/C15H22N2.2ClH/c1-12-6-7-17(10-12)11-15-8-13-4-2-3-5-14(13)9-16-15;;/h2-5,12,15-16H,6-11H2,1H3;2*1H/t12-,15-;;/m0../s1.